The number of hydrogen-bond acceptors (Lipinski definition) is 4. The molecule has 0 aliphatic carbocycles. The highest BCUT2D eigenvalue weighted by molar-refractivity contribution is 6.31. The van der Waals surface area contributed by atoms with E-state index >= 15 is 0 Å². The van der Waals surface area contributed by atoms with Crippen molar-refractivity contribution in [2.45, 2.75) is 6.92 Å². The van der Waals surface area contributed by atoms with Crippen LogP contribution in [0, 0.1) is 6.92 Å². The number of halogens is 2. The molecule has 0 aliphatic rings. The molecule has 0 saturated carbocycles. The van der Waals surface area contributed by atoms with Gasteiger partial charge in [0.15, 0.2) is 5.82 Å². The zero-order valence-corrected chi connectivity index (χ0v) is 15.4. The summed E-state index contributed by atoms with van der Waals surface area (Å²) in [6.45, 7) is 1.86. The molecular weight excluding hydrogens is 375 g/mol. The molecule has 1 amide bonds. The minimum Gasteiger partial charge on any atom is -0.395 e. The van der Waals surface area contributed by atoms with Gasteiger partial charge in [-0.1, -0.05) is 41.4 Å². The number of rotatable bonds is 5. The molecule has 26 heavy (non-hydrogen) atoms. The lowest BCUT2D eigenvalue weighted by molar-refractivity contribution is 0.0934. The molecule has 8 heteroatoms. The van der Waals surface area contributed by atoms with Crippen molar-refractivity contribution in [3.8, 4) is 17.1 Å². The predicted molar refractivity (Wildman–Crippen MR) is 101 cm³/mol. The molecule has 1 heterocycles. The number of aryl methyl sites for hydroxylation is 1. The molecule has 1 aromatic heterocycles. The average Bonchev–Trinajstić information content (AvgIpc) is 3.07. The number of amides is 1. The van der Waals surface area contributed by atoms with Gasteiger partial charge in [-0.25, -0.2) is 9.67 Å². The van der Waals surface area contributed by atoms with Gasteiger partial charge in [0.1, 0.15) is 0 Å². The van der Waals surface area contributed by atoms with Gasteiger partial charge in [0.25, 0.3) is 5.91 Å². The fraction of sp³-hybridized carbons (Fsp3) is 0.167. The Morgan fingerprint density at radius 1 is 1.23 bits per heavy atom. The molecular formula is C18H16Cl2N4O2. The Labute approximate surface area is 160 Å². The standard InChI is InChI=1S/C18H16Cl2N4O2/c1-11-5-6-14(10-15(11)20)24-17(12-3-2-4-13(19)9-12)22-16(23-24)18(26)21-7-8-25/h2-6,9-10,25H,7-8H2,1H3,(H,21,26). The molecule has 0 spiro atoms. The Morgan fingerprint density at radius 3 is 2.73 bits per heavy atom. The normalized spacial score (nSPS) is 10.8. The predicted octanol–water partition coefficient (Wildman–Crippen LogP) is 3.27. The number of benzene rings is 2. The van der Waals surface area contributed by atoms with Crippen molar-refractivity contribution in [3.63, 3.8) is 0 Å². The van der Waals surface area contributed by atoms with Crippen LogP contribution in [-0.4, -0.2) is 38.9 Å². The van der Waals surface area contributed by atoms with Gasteiger partial charge in [-0.3, -0.25) is 4.79 Å². The minimum atomic E-state index is -0.473. The van der Waals surface area contributed by atoms with E-state index in [0.29, 0.717) is 27.1 Å². The van der Waals surface area contributed by atoms with Crippen LogP contribution in [-0.2, 0) is 0 Å². The van der Waals surface area contributed by atoms with Crippen molar-refractivity contribution in [2.75, 3.05) is 13.2 Å². The summed E-state index contributed by atoms with van der Waals surface area (Å²) in [7, 11) is 0. The summed E-state index contributed by atoms with van der Waals surface area (Å²) >= 11 is 12.3. The number of carbonyl (C=O) groups excluding carboxylic acids is 1. The summed E-state index contributed by atoms with van der Waals surface area (Å²) in [6.07, 6.45) is 0. The lowest BCUT2D eigenvalue weighted by Gasteiger charge is -2.08. The van der Waals surface area contributed by atoms with Crippen molar-refractivity contribution in [1.29, 1.82) is 0 Å². The Morgan fingerprint density at radius 2 is 2.04 bits per heavy atom. The van der Waals surface area contributed by atoms with Gasteiger partial charge in [0, 0.05) is 22.2 Å². The Kier molecular flexibility index (Phi) is 5.56. The molecule has 3 aromatic rings. The van der Waals surface area contributed by atoms with Gasteiger partial charge >= 0.3 is 0 Å². The molecule has 0 radical (unpaired) electrons. The van der Waals surface area contributed by atoms with Gasteiger partial charge in [-0.2, -0.15) is 0 Å². The number of aromatic nitrogens is 3. The lowest BCUT2D eigenvalue weighted by Crippen LogP contribution is -2.27. The monoisotopic (exact) mass is 390 g/mol. The molecule has 2 N–H and O–H groups in total. The van der Waals surface area contributed by atoms with E-state index in [-0.39, 0.29) is 19.0 Å². The molecule has 0 atom stereocenters. The smallest absolute Gasteiger partial charge is 0.291 e. The fourth-order valence-corrected chi connectivity index (χ4v) is 2.73. The second-order valence-corrected chi connectivity index (χ2v) is 6.44. The number of aliphatic hydroxyl groups excluding tert-OH is 1. The van der Waals surface area contributed by atoms with E-state index in [4.69, 9.17) is 28.3 Å². The molecule has 0 fully saturated rings. The first-order chi connectivity index (χ1) is 12.5. The van der Waals surface area contributed by atoms with Crippen LogP contribution in [0.5, 0.6) is 0 Å². The maximum Gasteiger partial charge on any atom is 0.291 e. The van der Waals surface area contributed by atoms with Gasteiger partial charge in [0.05, 0.1) is 12.3 Å². The number of hydrogen-bond donors (Lipinski definition) is 2. The first-order valence-corrected chi connectivity index (χ1v) is 8.64. The largest absolute Gasteiger partial charge is 0.395 e. The van der Waals surface area contributed by atoms with Crippen molar-refractivity contribution in [3.05, 3.63) is 63.9 Å². The van der Waals surface area contributed by atoms with Gasteiger partial charge in [-0.05, 0) is 36.8 Å². The van der Waals surface area contributed by atoms with Crippen molar-refractivity contribution < 1.29 is 9.90 Å². The highest BCUT2D eigenvalue weighted by atomic mass is 35.5. The third-order valence-electron chi connectivity index (χ3n) is 3.69. The first kappa shape index (κ1) is 18.4. The summed E-state index contributed by atoms with van der Waals surface area (Å²) in [4.78, 5) is 16.6. The molecule has 0 saturated heterocycles. The number of nitrogens with zero attached hydrogens (tertiary/aromatic N) is 3. The highest BCUT2D eigenvalue weighted by Gasteiger charge is 2.19. The molecule has 0 bridgehead atoms. The van der Waals surface area contributed by atoms with Crippen LogP contribution in [0.3, 0.4) is 0 Å². The summed E-state index contributed by atoms with van der Waals surface area (Å²) in [5, 5.41) is 16.9. The van der Waals surface area contributed by atoms with Crippen LogP contribution in [0.25, 0.3) is 17.1 Å². The number of nitrogens with one attached hydrogen (secondary N) is 1. The molecule has 2 aromatic carbocycles. The van der Waals surface area contributed by atoms with Gasteiger partial charge in [0.2, 0.25) is 5.82 Å². The van der Waals surface area contributed by atoms with Gasteiger partial charge < -0.3 is 10.4 Å². The van der Waals surface area contributed by atoms with Crippen molar-refractivity contribution >= 4 is 29.1 Å². The second kappa shape index (κ2) is 7.86. The quantitative estimate of drug-likeness (QED) is 0.700. The first-order valence-electron chi connectivity index (χ1n) is 7.88. The van der Waals surface area contributed by atoms with E-state index in [1.54, 1.807) is 28.9 Å². The van der Waals surface area contributed by atoms with Crippen LogP contribution in [0.1, 0.15) is 16.2 Å². The Hall–Kier alpha value is -2.41. The SMILES string of the molecule is Cc1ccc(-n2nc(C(=O)NCCO)nc2-c2cccc(Cl)c2)cc1Cl. The Bertz CT molecular complexity index is 956. The van der Waals surface area contributed by atoms with E-state index in [9.17, 15) is 4.79 Å². The molecule has 134 valence electrons. The minimum absolute atomic E-state index is 0.00915. The average molecular weight is 391 g/mol. The van der Waals surface area contributed by atoms with E-state index in [0.717, 1.165) is 5.56 Å². The summed E-state index contributed by atoms with van der Waals surface area (Å²) in [6, 6.07) is 12.6. The van der Waals surface area contributed by atoms with Crippen LogP contribution in [0.15, 0.2) is 42.5 Å². The summed E-state index contributed by atoms with van der Waals surface area (Å²) in [5.74, 6) is -0.0222. The van der Waals surface area contributed by atoms with E-state index in [1.165, 1.54) is 0 Å². The maximum atomic E-state index is 12.2. The zero-order chi connectivity index (χ0) is 18.7. The fourth-order valence-electron chi connectivity index (χ4n) is 2.36. The zero-order valence-electron chi connectivity index (χ0n) is 13.9. The Balaban J connectivity index is 2.12. The molecule has 0 aliphatic heterocycles. The van der Waals surface area contributed by atoms with Crippen molar-refractivity contribution in [2.24, 2.45) is 0 Å². The molecule has 0 unspecified atom stereocenters. The van der Waals surface area contributed by atoms with Crippen molar-refractivity contribution in [1.82, 2.24) is 20.1 Å². The number of aliphatic hydroxyl groups is 1. The summed E-state index contributed by atoms with van der Waals surface area (Å²) in [5.41, 5.74) is 2.31. The second-order valence-electron chi connectivity index (χ2n) is 5.59. The van der Waals surface area contributed by atoms with Crippen LogP contribution >= 0.6 is 23.2 Å². The number of carbonyl (C=O) groups is 1. The third kappa shape index (κ3) is 3.88. The van der Waals surface area contributed by atoms with E-state index in [1.807, 2.05) is 25.1 Å². The van der Waals surface area contributed by atoms with Crippen LogP contribution in [0.2, 0.25) is 10.0 Å². The third-order valence-corrected chi connectivity index (χ3v) is 4.33. The van der Waals surface area contributed by atoms with Gasteiger partial charge in [-0.15, -0.1) is 5.10 Å². The lowest BCUT2D eigenvalue weighted by atomic mass is 10.2. The van der Waals surface area contributed by atoms with E-state index in [2.05, 4.69) is 15.4 Å². The molecule has 3 rings (SSSR count). The maximum absolute atomic E-state index is 12.2. The summed E-state index contributed by atoms with van der Waals surface area (Å²) < 4.78 is 1.55. The molecule has 6 nitrogen and oxygen atoms in total. The van der Waals surface area contributed by atoms with Crippen LogP contribution < -0.4 is 5.32 Å². The topological polar surface area (TPSA) is 80.0 Å². The highest BCUT2D eigenvalue weighted by Crippen LogP contribution is 2.26. The van der Waals surface area contributed by atoms with E-state index < -0.39 is 5.91 Å². The van der Waals surface area contributed by atoms with Crippen LogP contribution in [0.4, 0.5) is 0 Å².